The van der Waals surface area contributed by atoms with Crippen LogP contribution in [0.1, 0.15) is 11.3 Å². The van der Waals surface area contributed by atoms with E-state index in [1.165, 1.54) is 16.8 Å². The van der Waals surface area contributed by atoms with E-state index in [9.17, 15) is 4.79 Å². The van der Waals surface area contributed by atoms with E-state index < -0.39 is 0 Å². The number of fused-ring (bicyclic) bond motifs is 2. The van der Waals surface area contributed by atoms with Crippen molar-refractivity contribution in [3.63, 3.8) is 0 Å². The fourth-order valence-corrected chi connectivity index (χ4v) is 3.25. The lowest BCUT2D eigenvalue weighted by atomic mass is 10.0. The number of nitrogens with one attached hydrogen (secondary N) is 2. The van der Waals surface area contributed by atoms with Crippen molar-refractivity contribution < 1.29 is 4.79 Å². The second-order valence-electron chi connectivity index (χ2n) is 6.67. The summed E-state index contributed by atoms with van der Waals surface area (Å²) in [7, 11) is 0. The topological polar surface area (TPSA) is 96.7 Å². The van der Waals surface area contributed by atoms with Crippen molar-refractivity contribution in [1.29, 1.82) is 0 Å². The Labute approximate surface area is 162 Å². The van der Waals surface area contributed by atoms with Crippen molar-refractivity contribution >= 4 is 33.8 Å². The quantitative estimate of drug-likeness (QED) is 0.454. The molecule has 2 heterocycles. The summed E-state index contributed by atoms with van der Waals surface area (Å²) in [5.74, 6) is -0.192. The lowest BCUT2D eigenvalue weighted by Gasteiger charge is -2.16. The van der Waals surface area contributed by atoms with Gasteiger partial charge in [-0.3, -0.25) is 9.89 Å². The summed E-state index contributed by atoms with van der Waals surface area (Å²) >= 11 is 0. The van der Waals surface area contributed by atoms with Crippen LogP contribution in [0.2, 0.25) is 0 Å². The highest BCUT2D eigenvalue weighted by Crippen LogP contribution is 2.17. The van der Waals surface area contributed by atoms with Crippen molar-refractivity contribution in [2.75, 3.05) is 6.54 Å². The molecule has 4 aromatic rings. The number of nitrogens with zero attached hydrogens (tertiary/aromatic N) is 2. The average molecular weight is 371 g/mol. The second kappa shape index (κ2) is 8.02. The maximum absolute atomic E-state index is 12.3. The zero-order chi connectivity index (χ0) is 19.3. The average Bonchev–Trinajstić information content (AvgIpc) is 3.15. The molecule has 0 saturated carbocycles. The molecule has 0 bridgehead atoms. The number of hydrogen-bond acceptors (Lipinski definition) is 4. The fourth-order valence-electron chi connectivity index (χ4n) is 3.25. The molecule has 0 aliphatic rings. The van der Waals surface area contributed by atoms with Gasteiger partial charge in [0, 0.05) is 30.2 Å². The monoisotopic (exact) mass is 371 g/mol. The minimum Gasteiger partial charge on any atom is -0.348 e. The first-order valence-electron chi connectivity index (χ1n) is 9.18. The number of hydrogen-bond donors (Lipinski definition) is 3. The summed E-state index contributed by atoms with van der Waals surface area (Å²) in [6.45, 7) is 0.364. The summed E-state index contributed by atoms with van der Waals surface area (Å²) in [4.78, 5) is 16.5. The Morgan fingerprint density at radius 3 is 2.86 bits per heavy atom. The van der Waals surface area contributed by atoms with Gasteiger partial charge in [-0.2, -0.15) is 5.10 Å². The number of rotatable bonds is 6. The third kappa shape index (κ3) is 3.92. The van der Waals surface area contributed by atoms with Crippen molar-refractivity contribution in [3.05, 3.63) is 78.1 Å². The van der Waals surface area contributed by atoms with Crippen LogP contribution in [-0.4, -0.2) is 33.7 Å². The largest absolute Gasteiger partial charge is 0.348 e. The molecular formula is C22H21N5O. The normalized spacial score (nSPS) is 12.6. The van der Waals surface area contributed by atoms with Crippen LogP contribution in [0.5, 0.6) is 0 Å². The van der Waals surface area contributed by atoms with Crippen LogP contribution in [-0.2, 0) is 11.2 Å². The number of H-pyrrole nitrogens is 1. The van der Waals surface area contributed by atoms with Crippen LogP contribution < -0.4 is 11.1 Å². The molecule has 0 aliphatic carbocycles. The second-order valence-corrected chi connectivity index (χ2v) is 6.67. The molecular weight excluding hydrogens is 350 g/mol. The van der Waals surface area contributed by atoms with E-state index in [1.807, 2.05) is 24.3 Å². The van der Waals surface area contributed by atoms with E-state index >= 15 is 0 Å². The zero-order valence-electron chi connectivity index (χ0n) is 15.3. The Morgan fingerprint density at radius 1 is 1.14 bits per heavy atom. The number of nitrogens with two attached hydrogens (primary N) is 1. The smallest absolute Gasteiger partial charge is 0.244 e. The summed E-state index contributed by atoms with van der Waals surface area (Å²) in [6, 6.07) is 18.1. The van der Waals surface area contributed by atoms with Gasteiger partial charge in [-0.15, -0.1) is 0 Å². The predicted molar refractivity (Wildman–Crippen MR) is 112 cm³/mol. The van der Waals surface area contributed by atoms with Gasteiger partial charge in [0.05, 0.1) is 5.69 Å². The molecule has 4 N–H and O–H groups in total. The number of aromatic amines is 1. The summed E-state index contributed by atoms with van der Waals surface area (Å²) in [5.41, 5.74) is 8.40. The highest BCUT2D eigenvalue weighted by atomic mass is 16.1. The molecule has 6 nitrogen and oxygen atoms in total. The molecule has 0 radical (unpaired) electrons. The van der Waals surface area contributed by atoms with Crippen molar-refractivity contribution in [1.82, 2.24) is 20.5 Å². The number of pyridine rings is 1. The molecule has 28 heavy (non-hydrogen) atoms. The van der Waals surface area contributed by atoms with Crippen LogP contribution >= 0.6 is 0 Å². The fraction of sp³-hybridized carbons (Fsp3) is 0.136. The maximum atomic E-state index is 12.3. The van der Waals surface area contributed by atoms with Crippen LogP contribution in [0.25, 0.3) is 27.9 Å². The molecule has 6 heteroatoms. The number of carbonyl (C=O) groups excluding carboxylic acids is 1. The molecule has 2 aromatic heterocycles. The van der Waals surface area contributed by atoms with Crippen molar-refractivity contribution in [2.24, 2.45) is 5.73 Å². The number of aromatic nitrogens is 3. The Hall–Kier alpha value is -3.51. The number of carbonyl (C=O) groups is 1. The summed E-state index contributed by atoms with van der Waals surface area (Å²) in [6.07, 6.45) is 5.55. The molecule has 0 fully saturated rings. The first kappa shape index (κ1) is 17.9. The minimum absolute atomic E-state index is 0.140. The van der Waals surface area contributed by atoms with E-state index in [-0.39, 0.29) is 11.9 Å². The molecule has 0 saturated heterocycles. The SMILES string of the molecule is NC[C@H](Cc1ccc2ccccc2c1)NC(=O)C=Cc1[nH]nc2ncccc12. The summed E-state index contributed by atoms with van der Waals surface area (Å²) in [5, 5.41) is 13.2. The maximum Gasteiger partial charge on any atom is 0.244 e. The van der Waals surface area contributed by atoms with Crippen LogP contribution in [0.4, 0.5) is 0 Å². The molecule has 2 aromatic carbocycles. The van der Waals surface area contributed by atoms with E-state index in [4.69, 9.17) is 5.73 Å². The third-order valence-electron chi connectivity index (χ3n) is 4.69. The van der Waals surface area contributed by atoms with Gasteiger partial charge in [0.15, 0.2) is 5.65 Å². The van der Waals surface area contributed by atoms with E-state index in [0.717, 1.165) is 16.6 Å². The highest BCUT2D eigenvalue weighted by molar-refractivity contribution is 5.94. The Morgan fingerprint density at radius 2 is 2.00 bits per heavy atom. The Balaban J connectivity index is 1.43. The number of amides is 1. The highest BCUT2D eigenvalue weighted by Gasteiger charge is 2.11. The standard InChI is InChI=1S/C22H21N5O/c23-14-18(13-15-7-8-16-4-1-2-5-17(16)12-15)25-21(28)10-9-20-19-6-3-11-24-22(19)27-26-20/h1-12,18H,13-14,23H2,(H,25,28)(H,24,26,27)/t18-/m0/s1. The van der Waals surface area contributed by atoms with Gasteiger partial charge in [0.25, 0.3) is 0 Å². The van der Waals surface area contributed by atoms with Gasteiger partial charge in [0.2, 0.25) is 5.91 Å². The Bertz CT molecular complexity index is 1150. The summed E-state index contributed by atoms with van der Waals surface area (Å²) < 4.78 is 0. The molecule has 0 spiro atoms. The first-order chi connectivity index (χ1) is 13.7. The van der Waals surface area contributed by atoms with Gasteiger partial charge in [-0.25, -0.2) is 4.98 Å². The molecule has 0 aliphatic heterocycles. The minimum atomic E-state index is -0.192. The lowest BCUT2D eigenvalue weighted by Crippen LogP contribution is -2.40. The van der Waals surface area contributed by atoms with Crippen LogP contribution in [0.15, 0.2) is 66.9 Å². The number of benzene rings is 2. The van der Waals surface area contributed by atoms with Gasteiger partial charge < -0.3 is 11.1 Å². The van der Waals surface area contributed by atoms with Crippen LogP contribution in [0, 0.1) is 0 Å². The van der Waals surface area contributed by atoms with Gasteiger partial charge >= 0.3 is 0 Å². The van der Waals surface area contributed by atoms with Crippen LogP contribution in [0.3, 0.4) is 0 Å². The Kier molecular flexibility index (Phi) is 5.12. The predicted octanol–water partition coefficient (Wildman–Crippen LogP) is 2.81. The molecule has 1 atom stereocenters. The van der Waals surface area contributed by atoms with Crippen molar-refractivity contribution in [3.8, 4) is 0 Å². The zero-order valence-corrected chi connectivity index (χ0v) is 15.3. The lowest BCUT2D eigenvalue weighted by molar-refractivity contribution is -0.117. The first-order valence-corrected chi connectivity index (χ1v) is 9.18. The van der Waals surface area contributed by atoms with Gasteiger partial charge in [0.1, 0.15) is 0 Å². The third-order valence-corrected chi connectivity index (χ3v) is 4.69. The van der Waals surface area contributed by atoms with Gasteiger partial charge in [-0.1, -0.05) is 42.5 Å². The van der Waals surface area contributed by atoms with Crippen molar-refractivity contribution in [2.45, 2.75) is 12.5 Å². The van der Waals surface area contributed by atoms with E-state index in [0.29, 0.717) is 18.6 Å². The molecule has 140 valence electrons. The van der Waals surface area contributed by atoms with E-state index in [1.54, 1.807) is 12.3 Å². The van der Waals surface area contributed by atoms with Gasteiger partial charge in [-0.05, 0) is 41.0 Å². The molecule has 1 amide bonds. The molecule has 0 unspecified atom stereocenters. The van der Waals surface area contributed by atoms with E-state index in [2.05, 4.69) is 50.8 Å². The molecule has 4 rings (SSSR count).